The minimum Gasteiger partial charge on any atom is -0.398 e. The van der Waals surface area contributed by atoms with Gasteiger partial charge in [0.15, 0.2) is 0 Å². The summed E-state index contributed by atoms with van der Waals surface area (Å²) in [6.45, 7) is 5.02. The van der Waals surface area contributed by atoms with Crippen molar-refractivity contribution in [1.82, 2.24) is 5.32 Å². The molecule has 19 heavy (non-hydrogen) atoms. The third-order valence-corrected chi connectivity index (χ3v) is 4.36. The lowest BCUT2D eigenvalue weighted by Gasteiger charge is -2.28. The Balaban J connectivity index is 1.91. The van der Waals surface area contributed by atoms with E-state index in [0.29, 0.717) is 17.2 Å². The van der Waals surface area contributed by atoms with Crippen molar-refractivity contribution in [2.75, 3.05) is 12.3 Å². The van der Waals surface area contributed by atoms with E-state index in [2.05, 4.69) is 12.2 Å². The average molecular weight is 260 g/mol. The molecule has 3 N–H and O–H groups in total. The summed E-state index contributed by atoms with van der Waals surface area (Å²) in [6, 6.07) is 5.49. The van der Waals surface area contributed by atoms with E-state index in [1.165, 1.54) is 25.7 Å². The van der Waals surface area contributed by atoms with Gasteiger partial charge in [0.1, 0.15) is 0 Å². The fourth-order valence-electron chi connectivity index (χ4n) is 2.80. The van der Waals surface area contributed by atoms with Gasteiger partial charge in [-0.3, -0.25) is 4.79 Å². The first-order valence-electron chi connectivity index (χ1n) is 7.22. The largest absolute Gasteiger partial charge is 0.398 e. The molecule has 0 aromatic heterocycles. The zero-order valence-electron chi connectivity index (χ0n) is 11.9. The van der Waals surface area contributed by atoms with Crippen molar-refractivity contribution in [3.05, 3.63) is 29.3 Å². The predicted molar refractivity (Wildman–Crippen MR) is 79.0 cm³/mol. The Kier molecular flexibility index (Phi) is 4.46. The van der Waals surface area contributed by atoms with Gasteiger partial charge < -0.3 is 11.1 Å². The standard InChI is InChI=1S/C16H24N2O/c1-11-5-3-4-6-14(11)10-18-16(19)13-8-7-12(2)15(17)9-13/h7-9,11,14H,3-6,10,17H2,1-2H3,(H,18,19). The molecule has 1 fully saturated rings. The van der Waals surface area contributed by atoms with Crippen LogP contribution in [0.2, 0.25) is 0 Å². The van der Waals surface area contributed by atoms with Crippen LogP contribution >= 0.6 is 0 Å². The molecule has 1 amide bonds. The molecule has 1 aliphatic carbocycles. The molecule has 0 heterocycles. The van der Waals surface area contributed by atoms with Gasteiger partial charge in [0, 0.05) is 17.8 Å². The normalized spacial score (nSPS) is 23.1. The first-order chi connectivity index (χ1) is 9.08. The van der Waals surface area contributed by atoms with Crippen molar-refractivity contribution in [3.63, 3.8) is 0 Å². The van der Waals surface area contributed by atoms with Gasteiger partial charge in [-0.25, -0.2) is 0 Å². The van der Waals surface area contributed by atoms with Crippen molar-refractivity contribution in [1.29, 1.82) is 0 Å². The molecule has 0 bridgehead atoms. The minimum absolute atomic E-state index is 0.00975. The topological polar surface area (TPSA) is 55.1 Å². The van der Waals surface area contributed by atoms with E-state index in [4.69, 9.17) is 5.73 Å². The Morgan fingerprint density at radius 3 is 2.79 bits per heavy atom. The van der Waals surface area contributed by atoms with E-state index in [9.17, 15) is 4.79 Å². The number of aryl methyl sites for hydroxylation is 1. The summed E-state index contributed by atoms with van der Waals surface area (Å²) < 4.78 is 0. The molecule has 1 aromatic rings. The van der Waals surface area contributed by atoms with Crippen LogP contribution < -0.4 is 11.1 Å². The summed E-state index contributed by atoms with van der Waals surface area (Å²) in [7, 11) is 0. The van der Waals surface area contributed by atoms with Crippen LogP contribution in [0.5, 0.6) is 0 Å². The molecule has 0 spiro atoms. The van der Waals surface area contributed by atoms with Crippen LogP contribution in [0.25, 0.3) is 0 Å². The van der Waals surface area contributed by atoms with Crippen LogP contribution in [0.4, 0.5) is 5.69 Å². The number of hydrogen-bond donors (Lipinski definition) is 2. The second-order valence-corrected chi connectivity index (χ2v) is 5.80. The average Bonchev–Trinajstić information content (AvgIpc) is 2.40. The van der Waals surface area contributed by atoms with Crippen LogP contribution in [0, 0.1) is 18.8 Å². The first-order valence-corrected chi connectivity index (χ1v) is 7.22. The number of nitrogens with two attached hydrogens (primary N) is 1. The Morgan fingerprint density at radius 1 is 1.37 bits per heavy atom. The highest BCUT2D eigenvalue weighted by molar-refractivity contribution is 5.95. The Morgan fingerprint density at radius 2 is 2.11 bits per heavy atom. The monoisotopic (exact) mass is 260 g/mol. The molecule has 104 valence electrons. The van der Waals surface area contributed by atoms with Crippen LogP contribution in [-0.4, -0.2) is 12.5 Å². The highest BCUT2D eigenvalue weighted by Gasteiger charge is 2.21. The summed E-state index contributed by atoms with van der Waals surface area (Å²) in [5, 5.41) is 3.05. The number of benzene rings is 1. The fourth-order valence-corrected chi connectivity index (χ4v) is 2.80. The SMILES string of the molecule is Cc1ccc(C(=O)NCC2CCCCC2C)cc1N. The molecule has 2 unspecified atom stereocenters. The second-order valence-electron chi connectivity index (χ2n) is 5.80. The highest BCUT2D eigenvalue weighted by Crippen LogP contribution is 2.28. The summed E-state index contributed by atoms with van der Waals surface area (Å²) in [4.78, 5) is 12.1. The van der Waals surface area contributed by atoms with E-state index in [1.54, 1.807) is 6.07 Å². The smallest absolute Gasteiger partial charge is 0.251 e. The van der Waals surface area contributed by atoms with Gasteiger partial charge in [0.2, 0.25) is 0 Å². The number of carbonyl (C=O) groups excluding carboxylic acids is 1. The molecule has 0 radical (unpaired) electrons. The third-order valence-electron chi connectivity index (χ3n) is 4.36. The molecular weight excluding hydrogens is 236 g/mol. The van der Waals surface area contributed by atoms with Gasteiger partial charge >= 0.3 is 0 Å². The van der Waals surface area contributed by atoms with Crippen molar-refractivity contribution >= 4 is 11.6 Å². The second kappa shape index (κ2) is 6.09. The number of amides is 1. The number of anilines is 1. The van der Waals surface area contributed by atoms with Crippen molar-refractivity contribution in [2.24, 2.45) is 11.8 Å². The highest BCUT2D eigenvalue weighted by atomic mass is 16.1. The van der Waals surface area contributed by atoms with E-state index >= 15 is 0 Å². The number of nitrogen functional groups attached to an aromatic ring is 1. The van der Waals surface area contributed by atoms with Crippen molar-refractivity contribution in [3.8, 4) is 0 Å². The number of hydrogen-bond acceptors (Lipinski definition) is 2. The molecule has 1 aliphatic rings. The van der Waals surface area contributed by atoms with E-state index in [-0.39, 0.29) is 5.91 Å². The maximum Gasteiger partial charge on any atom is 0.251 e. The molecule has 2 atom stereocenters. The zero-order valence-corrected chi connectivity index (χ0v) is 11.9. The van der Waals surface area contributed by atoms with E-state index in [0.717, 1.165) is 18.0 Å². The first kappa shape index (κ1) is 13.9. The predicted octanol–water partition coefficient (Wildman–Crippen LogP) is 3.13. The third kappa shape index (κ3) is 3.49. The molecule has 3 heteroatoms. The van der Waals surface area contributed by atoms with Gasteiger partial charge in [-0.15, -0.1) is 0 Å². The van der Waals surface area contributed by atoms with Gasteiger partial charge in [0.05, 0.1) is 0 Å². The van der Waals surface area contributed by atoms with Gasteiger partial charge in [0.25, 0.3) is 5.91 Å². The molecule has 1 saturated carbocycles. The summed E-state index contributed by atoms with van der Waals surface area (Å²) in [6.07, 6.45) is 5.15. The Hall–Kier alpha value is -1.51. The maximum absolute atomic E-state index is 12.1. The van der Waals surface area contributed by atoms with E-state index in [1.807, 2.05) is 19.1 Å². The lowest BCUT2D eigenvalue weighted by Crippen LogP contribution is -2.33. The minimum atomic E-state index is -0.00975. The van der Waals surface area contributed by atoms with Crippen LogP contribution in [0.15, 0.2) is 18.2 Å². The van der Waals surface area contributed by atoms with Gasteiger partial charge in [-0.2, -0.15) is 0 Å². The van der Waals surface area contributed by atoms with Crippen LogP contribution in [0.1, 0.15) is 48.5 Å². The molecule has 2 rings (SSSR count). The number of nitrogens with one attached hydrogen (secondary N) is 1. The lowest BCUT2D eigenvalue weighted by atomic mass is 9.80. The number of rotatable bonds is 3. The Labute approximate surface area is 115 Å². The molecule has 3 nitrogen and oxygen atoms in total. The summed E-state index contributed by atoms with van der Waals surface area (Å²) in [5.41, 5.74) is 8.19. The van der Waals surface area contributed by atoms with E-state index < -0.39 is 0 Å². The van der Waals surface area contributed by atoms with Crippen LogP contribution in [-0.2, 0) is 0 Å². The molecular formula is C16H24N2O. The quantitative estimate of drug-likeness (QED) is 0.820. The number of carbonyl (C=O) groups is 1. The van der Waals surface area contributed by atoms with Gasteiger partial charge in [-0.1, -0.05) is 32.3 Å². The lowest BCUT2D eigenvalue weighted by molar-refractivity contribution is 0.0936. The van der Waals surface area contributed by atoms with Gasteiger partial charge in [-0.05, 0) is 42.9 Å². The molecule has 1 aromatic carbocycles. The fraction of sp³-hybridized carbons (Fsp3) is 0.562. The van der Waals surface area contributed by atoms with Crippen molar-refractivity contribution < 1.29 is 4.79 Å². The maximum atomic E-state index is 12.1. The zero-order chi connectivity index (χ0) is 13.8. The molecule has 0 aliphatic heterocycles. The summed E-state index contributed by atoms with van der Waals surface area (Å²) >= 11 is 0. The van der Waals surface area contributed by atoms with Crippen molar-refractivity contribution in [2.45, 2.75) is 39.5 Å². The Bertz CT molecular complexity index is 456. The summed E-state index contributed by atoms with van der Waals surface area (Å²) in [5.74, 6) is 1.34. The van der Waals surface area contributed by atoms with Crippen LogP contribution in [0.3, 0.4) is 0 Å². The molecule has 0 saturated heterocycles.